The van der Waals surface area contributed by atoms with Crippen molar-refractivity contribution in [2.75, 3.05) is 0 Å². The van der Waals surface area contributed by atoms with Crippen molar-refractivity contribution in [3.05, 3.63) is 52.3 Å². The van der Waals surface area contributed by atoms with E-state index in [0.717, 1.165) is 17.1 Å². The molecule has 0 spiro atoms. The summed E-state index contributed by atoms with van der Waals surface area (Å²) in [6.07, 6.45) is 3.41. The Bertz CT molecular complexity index is 775. The van der Waals surface area contributed by atoms with Crippen molar-refractivity contribution in [1.82, 2.24) is 4.57 Å². The molecule has 0 atom stereocenters. The predicted octanol–water partition coefficient (Wildman–Crippen LogP) is 5.04. The van der Waals surface area contributed by atoms with Crippen LogP contribution in [0.25, 0.3) is 0 Å². The number of aryl methyl sites for hydroxylation is 3. The van der Waals surface area contributed by atoms with Gasteiger partial charge in [-0.15, -0.1) is 0 Å². The zero-order valence-corrected chi connectivity index (χ0v) is 17.4. The number of rotatable bonds is 3. The van der Waals surface area contributed by atoms with Crippen molar-refractivity contribution in [3.63, 3.8) is 0 Å². The number of amides is 1. The number of carbonyl (C=O) groups is 1. The van der Waals surface area contributed by atoms with Crippen LogP contribution in [0.5, 0.6) is 0 Å². The zero-order chi connectivity index (χ0) is 19.0. The van der Waals surface area contributed by atoms with Gasteiger partial charge in [-0.2, -0.15) is 0 Å². The van der Waals surface area contributed by atoms with Crippen LogP contribution < -0.4 is 0 Å². The average molecular weight is 422 g/mol. The van der Waals surface area contributed by atoms with Gasteiger partial charge in [-0.05, 0) is 44.0 Å². The summed E-state index contributed by atoms with van der Waals surface area (Å²) in [5.41, 5.74) is 6.42. The average Bonchev–Trinajstić information content (AvgIpc) is 2.85. The monoisotopic (exact) mass is 421 g/mol. The molecule has 0 aliphatic rings. The molecule has 1 heterocycles. The molecule has 25 heavy (non-hydrogen) atoms. The van der Waals surface area contributed by atoms with Gasteiger partial charge in [-0.25, -0.2) is 4.99 Å². The molecule has 1 aromatic carbocycles. The maximum absolute atomic E-state index is 10.9. The second-order valence-corrected chi connectivity index (χ2v) is 7.40. The summed E-state index contributed by atoms with van der Waals surface area (Å²) in [6.45, 7) is 7.67. The Morgan fingerprint density at radius 1 is 1.08 bits per heavy atom. The Morgan fingerprint density at radius 3 is 2.04 bits per heavy atom. The molecule has 2 aromatic rings. The summed E-state index contributed by atoms with van der Waals surface area (Å²) in [7, 11) is 11.5. The number of nitrogens with zero attached hydrogens (tertiary/aromatic N) is 3. The molecule has 0 fully saturated rings. The SMILES string of the molecule is CC(=O)N=Cc1ccc(C=Nc2c(C)cc(C)cc2C)n1C.[Cl][Fe][Cl]. The van der Waals surface area contributed by atoms with Crippen LogP contribution in [0.3, 0.4) is 0 Å². The summed E-state index contributed by atoms with van der Waals surface area (Å²) in [6, 6.07) is 8.15. The quantitative estimate of drug-likeness (QED) is 0.505. The van der Waals surface area contributed by atoms with Gasteiger partial charge in [0.2, 0.25) is 5.91 Å². The Balaban J connectivity index is 0.000000970. The Labute approximate surface area is 163 Å². The molecule has 4 nitrogen and oxygen atoms in total. The third kappa shape index (κ3) is 6.79. The van der Waals surface area contributed by atoms with Crippen LogP contribution in [-0.2, 0) is 25.0 Å². The van der Waals surface area contributed by atoms with E-state index in [2.05, 4.69) is 42.9 Å². The molecule has 0 unspecified atom stereocenters. The molecule has 1 aromatic heterocycles. The molecule has 0 saturated heterocycles. The predicted molar refractivity (Wildman–Crippen MR) is 103 cm³/mol. The van der Waals surface area contributed by atoms with E-state index >= 15 is 0 Å². The first kappa shape index (κ1) is 21.7. The van der Waals surface area contributed by atoms with Gasteiger partial charge in [0.25, 0.3) is 0 Å². The molecule has 2 rings (SSSR count). The molecule has 1 amide bonds. The Kier molecular flexibility index (Phi) is 9.15. The van der Waals surface area contributed by atoms with Crippen LogP contribution in [0.15, 0.2) is 34.3 Å². The molecule has 0 aliphatic heterocycles. The fourth-order valence-corrected chi connectivity index (χ4v) is 2.47. The van der Waals surface area contributed by atoms with E-state index in [9.17, 15) is 4.79 Å². The first-order valence-electron chi connectivity index (χ1n) is 7.47. The van der Waals surface area contributed by atoms with Crippen molar-refractivity contribution in [1.29, 1.82) is 0 Å². The zero-order valence-electron chi connectivity index (χ0n) is 14.8. The van der Waals surface area contributed by atoms with Gasteiger partial charge in [0.15, 0.2) is 0 Å². The van der Waals surface area contributed by atoms with Gasteiger partial charge in [-0.3, -0.25) is 9.79 Å². The number of carbonyl (C=O) groups excluding carboxylic acids is 1. The third-order valence-corrected chi connectivity index (χ3v) is 3.54. The van der Waals surface area contributed by atoms with E-state index < -0.39 is 0 Å². The minimum atomic E-state index is -0.206. The second kappa shape index (κ2) is 10.6. The van der Waals surface area contributed by atoms with Crippen molar-refractivity contribution in [2.24, 2.45) is 17.0 Å². The molecule has 0 N–H and O–H groups in total. The topological polar surface area (TPSA) is 46.7 Å². The van der Waals surface area contributed by atoms with Crippen LogP contribution in [0, 0.1) is 20.8 Å². The summed E-state index contributed by atoms with van der Waals surface area (Å²) in [5.74, 6) is -0.206. The van der Waals surface area contributed by atoms with Crippen LogP contribution in [-0.4, -0.2) is 22.9 Å². The van der Waals surface area contributed by atoms with E-state index in [4.69, 9.17) is 20.2 Å². The molecule has 0 bridgehead atoms. The number of hydrogen-bond acceptors (Lipinski definition) is 2. The van der Waals surface area contributed by atoms with Crippen LogP contribution in [0.2, 0.25) is 0 Å². The van der Waals surface area contributed by atoms with Gasteiger partial charge in [-0.1, -0.05) is 17.7 Å². The fraction of sp³-hybridized carbons (Fsp3) is 0.278. The number of aliphatic imine (C=N–C) groups is 2. The molecular formula is C18H21Cl2FeN3O. The molecule has 0 aliphatic carbocycles. The standard InChI is InChI=1S/C18H21N3O.2ClH.Fe/c1-12-8-13(2)18(14(3)9-12)20-11-17-7-6-16(21(17)5)10-19-15(4)22;;;/h6-11H,1-5H3;2*1H;/q;;;+2/p-2. The summed E-state index contributed by atoms with van der Waals surface area (Å²) in [4.78, 5) is 19.3. The van der Waals surface area contributed by atoms with Crippen molar-refractivity contribution in [2.45, 2.75) is 27.7 Å². The molecule has 0 saturated carbocycles. The first-order chi connectivity index (χ1) is 11.8. The number of benzene rings is 1. The van der Waals surface area contributed by atoms with E-state index in [1.54, 1.807) is 6.21 Å². The first-order valence-corrected chi connectivity index (χ1v) is 10.5. The van der Waals surface area contributed by atoms with Crippen molar-refractivity contribution in [3.8, 4) is 0 Å². The van der Waals surface area contributed by atoms with Crippen LogP contribution in [0.1, 0.15) is 35.0 Å². The van der Waals surface area contributed by atoms with E-state index in [1.165, 1.54) is 23.6 Å². The summed E-state index contributed by atoms with van der Waals surface area (Å²) >= 11 is 0.194. The van der Waals surface area contributed by atoms with Crippen LogP contribution in [0.4, 0.5) is 5.69 Å². The number of aromatic nitrogens is 1. The summed E-state index contributed by atoms with van der Waals surface area (Å²) in [5, 5.41) is 0. The van der Waals surface area contributed by atoms with Gasteiger partial charge in [0.1, 0.15) is 0 Å². The maximum atomic E-state index is 10.9. The Hall–Kier alpha value is -1.39. The fourth-order valence-electron chi connectivity index (χ4n) is 2.47. The normalized spacial score (nSPS) is 11.2. The molecule has 0 radical (unpaired) electrons. The van der Waals surface area contributed by atoms with Crippen molar-refractivity contribution >= 4 is 44.2 Å². The van der Waals surface area contributed by atoms with E-state index in [1.807, 2.05) is 30.0 Å². The summed E-state index contributed by atoms with van der Waals surface area (Å²) < 4.78 is 1.95. The van der Waals surface area contributed by atoms with Gasteiger partial charge in [0, 0.05) is 14.0 Å². The van der Waals surface area contributed by atoms with E-state index in [-0.39, 0.29) is 19.0 Å². The van der Waals surface area contributed by atoms with Gasteiger partial charge >= 0.3 is 33.3 Å². The van der Waals surface area contributed by atoms with Crippen molar-refractivity contribution < 1.29 is 17.9 Å². The van der Waals surface area contributed by atoms with Crippen LogP contribution >= 0.6 is 20.2 Å². The van der Waals surface area contributed by atoms with Gasteiger partial charge in [0.05, 0.1) is 29.5 Å². The van der Waals surface area contributed by atoms with Gasteiger partial charge < -0.3 is 4.57 Å². The second-order valence-electron chi connectivity index (χ2n) is 5.58. The number of halogens is 2. The Morgan fingerprint density at radius 2 is 1.56 bits per heavy atom. The van der Waals surface area contributed by atoms with E-state index in [0.29, 0.717) is 0 Å². The molecule has 7 heteroatoms. The molecule has 136 valence electrons. The molecular weight excluding hydrogens is 401 g/mol. The number of hydrogen-bond donors (Lipinski definition) is 0. The third-order valence-electron chi connectivity index (χ3n) is 3.54. The minimum absolute atomic E-state index is 0.194.